The summed E-state index contributed by atoms with van der Waals surface area (Å²) in [5.41, 5.74) is 5.91. The van der Waals surface area contributed by atoms with Crippen LogP contribution in [0.15, 0.2) is 12.1 Å². The second-order valence-electron chi connectivity index (χ2n) is 3.36. The van der Waals surface area contributed by atoms with E-state index in [0.29, 0.717) is 5.69 Å². The summed E-state index contributed by atoms with van der Waals surface area (Å²) in [6.45, 7) is 0.874. The molecule has 0 bridgehead atoms. The number of anilines is 1. The summed E-state index contributed by atoms with van der Waals surface area (Å²) in [7, 11) is 0. The van der Waals surface area contributed by atoms with Gasteiger partial charge in [-0.3, -0.25) is 0 Å². The highest BCUT2D eigenvalue weighted by atomic mass is 19.4. The van der Waals surface area contributed by atoms with Crippen molar-refractivity contribution in [3.63, 3.8) is 0 Å². The standard InChI is InChI=1S/C9H13F3N4/c1-7-2-3-8(15-14-7)16(5-4-13)6-9(10,11)12/h2-3H,4-6,13H2,1H3. The molecule has 0 aliphatic rings. The number of nitrogens with zero attached hydrogens (tertiary/aromatic N) is 3. The SMILES string of the molecule is Cc1ccc(N(CCN)CC(F)(F)F)nn1. The van der Waals surface area contributed by atoms with Crippen molar-refractivity contribution in [3.8, 4) is 0 Å². The fourth-order valence-electron chi connectivity index (χ4n) is 1.21. The van der Waals surface area contributed by atoms with Gasteiger partial charge in [-0.1, -0.05) is 0 Å². The van der Waals surface area contributed by atoms with Gasteiger partial charge in [0.1, 0.15) is 6.54 Å². The Hall–Kier alpha value is -1.37. The van der Waals surface area contributed by atoms with Gasteiger partial charge in [-0.15, -0.1) is 5.10 Å². The molecule has 0 aliphatic carbocycles. The van der Waals surface area contributed by atoms with E-state index in [2.05, 4.69) is 10.2 Å². The van der Waals surface area contributed by atoms with Gasteiger partial charge in [0.15, 0.2) is 5.82 Å². The summed E-state index contributed by atoms with van der Waals surface area (Å²) in [6, 6.07) is 3.12. The molecule has 90 valence electrons. The van der Waals surface area contributed by atoms with Gasteiger partial charge in [-0.25, -0.2) is 0 Å². The van der Waals surface area contributed by atoms with Gasteiger partial charge in [-0.2, -0.15) is 18.3 Å². The summed E-state index contributed by atoms with van der Waals surface area (Å²) < 4.78 is 36.8. The molecule has 4 nitrogen and oxygen atoms in total. The van der Waals surface area contributed by atoms with E-state index < -0.39 is 12.7 Å². The number of aromatic nitrogens is 2. The predicted octanol–water partition coefficient (Wildman–Crippen LogP) is 1.11. The Morgan fingerprint density at radius 3 is 2.44 bits per heavy atom. The Bertz CT molecular complexity index is 323. The monoisotopic (exact) mass is 234 g/mol. The zero-order chi connectivity index (χ0) is 12.2. The smallest absolute Gasteiger partial charge is 0.345 e. The van der Waals surface area contributed by atoms with Gasteiger partial charge in [0.2, 0.25) is 0 Å². The molecule has 2 N–H and O–H groups in total. The first kappa shape index (κ1) is 12.7. The molecule has 0 spiro atoms. The normalized spacial score (nSPS) is 11.6. The number of alkyl halides is 3. The van der Waals surface area contributed by atoms with Crippen molar-refractivity contribution in [2.45, 2.75) is 13.1 Å². The summed E-state index contributed by atoms with van der Waals surface area (Å²) in [5, 5.41) is 7.41. The number of halogens is 3. The van der Waals surface area contributed by atoms with Crippen LogP contribution in [0.4, 0.5) is 19.0 Å². The summed E-state index contributed by atoms with van der Waals surface area (Å²) >= 11 is 0. The minimum absolute atomic E-state index is 0.0945. The van der Waals surface area contributed by atoms with Gasteiger partial charge < -0.3 is 10.6 Å². The maximum absolute atomic E-state index is 12.3. The van der Waals surface area contributed by atoms with Crippen molar-refractivity contribution in [1.82, 2.24) is 10.2 Å². The lowest BCUT2D eigenvalue weighted by Crippen LogP contribution is -2.38. The van der Waals surface area contributed by atoms with Crippen molar-refractivity contribution < 1.29 is 13.2 Å². The van der Waals surface area contributed by atoms with Crippen LogP contribution in [-0.4, -0.2) is 36.0 Å². The molecule has 16 heavy (non-hydrogen) atoms. The number of hydrogen-bond acceptors (Lipinski definition) is 4. The van der Waals surface area contributed by atoms with E-state index in [0.717, 1.165) is 4.90 Å². The summed E-state index contributed by atoms with van der Waals surface area (Å²) in [4.78, 5) is 1.06. The molecule has 0 amide bonds. The number of hydrogen-bond donors (Lipinski definition) is 1. The van der Waals surface area contributed by atoms with E-state index in [1.165, 1.54) is 6.07 Å². The molecule has 0 saturated heterocycles. The topological polar surface area (TPSA) is 55.0 Å². The van der Waals surface area contributed by atoms with E-state index >= 15 is 0 Å². The average molecular weight is 234 g/mol. The molecular weight excluding hydrogens is 221 g/mol. The predicted molar refractivity (Wildman–Crippen MR) is 54.1 cm³/mol. The molecule has 0 atom stereocenters. The Morgan fingerprint density at radius 1 is 1.31 bits per heavy atom. The zero-order valence-electron chi connectivity index (χ0n) is 8.83. The molecule has 7 heteroatoms. The first-order valence-corrected chi connectivity index (χ1v) is 4.74. The Morgan fingerprint density at radius 2 is 2.00 bits per heavy atom. The van der Waals surface area contributed by atoms with Crippen molar-refractivity contribution >= 4 is 5.82 Å². The fraction of sp³-hybridized carbons (Fsp3) is 0.556. The highest BCUT2D eigenvalue weighted by molar-refractivity contribution is 5.37. The van der Waals surface area contributed by atoms with Crippen molar-refractivity contribution in [3.05, 3.63) is 17.8 Å². The maximum Gasteiger partial charge on any atom is 0.405 e. The van der Waals surface area contributed by atoms with Crippen LogP contribution in [0.2, 0.25) is 0 Å². The van der Waals surface area contributed by atoms with Crippen LogP contribution < -0.4 is 10.6 Å². The lowest BCUT2D eigenvalue weighted by Gasteiger charge is -2.23. The second-order valence-corrected chi connectivity index (χ2v) is 3.36. The largest absolute Gasteiger partial charge is 0.405 e. The van der Waals surface area contributed by atoms with E-state index in [4.69, 9.17) is 5.73 Å². The van der Waals surface area contributed by atoms with E-state index in [-0.39, 0.29) is 18.9 Å². The van der Waals surface area contributed by atoms with Gasteiger partial charge >= 0.3 is 6.18 Å². The highest BCUT2D eigenvalue weighted by Gasteiger charge is 2.31. The Kier molecular flexibility index (Phi) is 4.05. The average Bonchev–Trinajstić information content (AvgIpc) is 2.16. The van der Waals surface area contributed by atoms with Crippen LogP contribution in [-0.2, 0) is 0 Å². The summed E-state index contributed by atoms with van der Waals surface area (Å²) in [6.07, 6.45) is -4.28. The molecule has 1 rings (SSSR count). The minimum Gasteiger partial charge on any atom is -0.345 e. The van der Waals surface area contributed by atoms with Gasteiger partial charge in [0.05, 0.1) is 5.69 Å². The number of rotatable bonds is 4. The van der Waals surface area contributed by atoms with E-state index in [1.807, 2.05) is 0 Å². The van der Waals surface area contributed by atoms with Crippen LogP contribution in [0.3, 0.4) is 0 Å². The fourth-order valence-corrected chi connectivity index (χ4v) is 1.21. The number of nitrogens with two attached hydrogens (primary N) is 1. The molecule has 1 aromatic rings. The van der Waals surface area contributed by atoms with Crippen LogP contribution in [0, 0.1) is 6.92 Å². The molecule has 1 heterocycles. The first-order chi connectivity index (χ1) is 7.42. The third-order valence-corrected chi connectivity index (χ3v) is 1.88. The molecular formula is C9H13F3N4. The highest BCUT2D eigenvalue weighted by Crippen LogP contribution is 2.19. The van der Waals surface area contributed by atoms with E-state index in [9.17, 15) is 13.2 Å². The molecule has 1 aromatic heterocycles. The van der Waals surface area contributed by atoms with Crippen LogP contribution >= 0.6 is 0 Å². The van der Waals surface area contributed by atoms with Crippen LogP contribution in [0.25, 0.3) is 0 Å². The lowest BCUT2D eigenvalue weighted by molar-refractivity contribution is -0.119. The van der Waals surface area contributed by atoms with Gasteiger partial charge in [-0.05, 0) is 19.1 Å². The van der Waals surface area contributed by atoms with Crippen molar-refractivity contribution in [1.29, 1.82) is 0 Å². The molecule has 0 fully saturated rings. The third kappa shape index (κ3) is 4.01. The van der Waals surface area contributed by atoms with Gasteiger partial charge in [0.25, 0.3) is 0 Å². The first-order valence-electron chi connectivity index (χ1n) is 4.74. The van der Waals surface area contributed by atoms with Crippen LogP contribution in [0.5, 0.6) is 0 Å². The minimum atomic E-state index is -4.28. The molecule has 0 unspecified atom stereocenters. The van der Waals surface area contributed by atoms with Crippen LogP contribution in [0.1, 0.15) is 5.69 Å². The Labute approximate surface area is 91.3 Å². The maximum atomic E-state index is 12.3. The quantitative estimate of drug-likeness (QED) is 0.848. The lowest BCUT2D eigenvalue weighted by atomic mass is 10.4. The van der Waals surface area contributed by atoms with Gasteiger partial charge in [0, 0.05) is 13.1 Å². The second kappa shape index (κ2) is 5.11. The molecule has 0 aliphatic heterocycles. The van der Waals surface area contributed by atoms with Crippen molar-refractivity contribution in [2.24, 2.45) is 5.73 Å². The van der Waals surface area contributed by atoms with Crippen molar-refractivity contribution in [2.75, 3.05) is 24.5 Å². The molecule has 0 radical (unpaired) electrons. The zero-order valence-corrected chi connectivity index (χ0v) is 8.83. The van der Waals surface area contributed by atoms with E-state index in [1.54, 1.807) is 13.0 Å². The molecule has 0 aromatic carbocycles. The number of aryl methyl sites for hydroxylation is 1. The third-order valence-electron chi connectivity index (χ3n) is 1.88. The molecule has 0 saturated carbocycles. The Balaban J connectivity index is 2.80. The summed E-state index contributed by atoms with van der Waals surface area (Å²) in [5.74, 6) is 0.188.